The third-order valence-corrected chi connectivity index (χ3v) is 3.50. The van der Waals surface area contributed by atoms with Crippen molar-refractivity contribution in [1.29, 1.82) is 0 Å². The second-order valence-corrected chi connectivity index (χ2v) is 5.36. The fraction of sp³-hybridized carbons (Fsp3) is 1.00. The minimum atomic E-state index is -1.46. The summed E-state index contributed by atoms with van der Waals surface area (Å²) < 4.78 is 26.1. The molecule has 0 aromatic heterocycles. The fourth-order valence-electron chi connectivity index (χ4n) is 2.12. The minimum Gasteiger partial charge on any atom is -0.394 e. The molecule has 0 bridgehead atoms. The van der Waals surface area contributed by atoms with Gasteiger partial charge >= 0.3 is 0 Å². The molecule has 0 radical (unpaired) electrons. The van der Waals surface area contributed by atoms with E-state index < -0.39 is 37.3 Å². The number of azide groups is 1. The first-order valence-electron chi connectivity index (χ1n) is 8.28. The van der Waals surface area contributed by atoms with E-state index in [9.17, 15) is 15.3 Å². The van der Waals surface area contributed by atoms with Gasteiger partial charge in [-0.2, -0.15) is 0 Å². The van der Waals surface area contributed by atoms with Crippen LogP contribution in [-0.2, 0) is 23.7 Å². The summed E-state index contributed by atoms with van der Waals surface area (Å²) in [7, 11) is 0. The molecule has 152 valence electrons. The molecule has 1 aliphatic rings. The highest BCUT2D eigenvalue weighted by molar-refractivity contribution is 4.88. The van der Waals surface area contributed by atoms with Gasteiger partial charge in [0.15, 0.2) is 6.29 Å². The van der Waals surface area contributed by atoms with Gasteiger partial charge in [-0.25, -0.2) is 0 Å². The fourth-order valence-corrected chi connectivity index (χ4v) is 2.12. The van der Waals surface area contributed by atoms with Gasteiger partial charge in [-0.1, -0.05) is 5.11 Å². The Morgan fingerprint density at radius 1 is 0.846 bits per heavy atom. The maximum Gasteiger partial charge on any atom is 0.186 e. The largest absolute Gasteiger partial charge is 0.394 e. The molecule has 1 aliphatic heterocycles. The third kappa shape index (κ3) is 8.56. The van der Waals surface area contributed by atoms with Crippen LogP contribution in [0.25, 0.3) is 10.4 Å². The van der Waals surface area contributed by atoms with Gasteiger partial charge in [-0.15, -0.1) is 0 Å². The Labute approximate surface area is 150 Å². The number of ether oxygens (including phenoxy) is 5. The molecule has 1 saturated heterocycles. The first-order chi connectivity index (χ1) is 12.6. The Balaban J connectivity index is 1.97. The van der Waals surface area contributed by atoms with Crippen molar-refractivity contribution in [3.8, 4) is 0 Å². The van der Waals surface area contributed by atoms with Crippen LogP contribution in [0.3, 0.4) is 0 Å². The topological polar surface area (TPSA) is 176 Å². The summed E-state index contributed by atoms with van der Waals surface area (Å²) in [4.78, 5) is 2.60. The van der Waals surface area contributed by atoms with Crippen molar-refractivity contribution in [3.05, 3.63) is 10.4 Å². The van der Waals surface area contributed by atoms with Crippen LogP contribution < -0.4 is 0 Å². The lowest BCUT2D eigenvalue weighted by Gasteiger charge is -2.39. The van der Waals surface area contributed by atoms with Crippen molar-refractivity contribution < 1.29 is 44.1 Å². The van der Waals surface area contributed by atoms with Crippen LogP contribution >= 0.6 is 0 Å². The summed E-state index contributed by atoms with van der Waals surface area (Å²) in [6.45, 7) is 1.89. The lowest BCUT2D eigenvalue weighted by Crippen LogP contribution is -2.59. The summed E-state index contributed by atoms with van der Waals surface area (Å²) in [5.41, 5.74) is 8.06. The maximum absolute atomic E-state index is 9.77. The van der Waals surface area contributed by atoms with Gasteiger partial charge < -0.3 is 44.1 Å². The quantitative estimate of drug-likeness (QED) is 0.117. The SMILES string of the molecule is [N-]=[N+]=NCCOCCOCCOCCO[C@@H]1O[C@H](CO)[C@@H](O)[C@H](O)[C@H]1O. The predicted molar refractivity (Wildman–Crippen MR) is 86.2 cm³/mol. The van der Waals surface area contributed by atoms with Crippen molar-refractivity contribution in [2.24, 2.45) is 5.11 Å². The number of aliphatic hydroxyl groups excluding tert-OH is 4. The van der Waals surface area contributed by atoms with Gasteiger partial charge in [0.1, 0.15) is 24.4 Å². The molecule has 0 aromatic carbocycles. The molecule has 0 amide bonds. The molecule has 4 N–H and O–H groups in total. The standard InChI is InChI=1S/C14H27N3O9/c15-17-16-1-2-22-3-4-23-5-6-24-7-8-25-14-13(21)12(20)11(19)10(9-18)26-14/h10-14,18-21H,1-9H2/t10-,11-,12+,13-,14-/m1/s1. The monoisotopic (exact) mass is 381 g/mol. The van der Waals surface area contributed by atoms with Crippen molar-refractivity contribution in [2.45, 2.75) is 30.7 Å². The van der Waals surface area contributed by atoms with Crippen LogP contribution in [0.4, 0.5) is 0 Å². The maximum atomic E-state index is 9.77. The van der Waals surface area contributed by atoms with Crippen LogP contribution in [0.1, 0.15) is 0 Å². The van der Waals surface area contributed by atoms with E-state index in [1.54, 1.807) is 0 Å². The number of hydrogen-bond acceptors (Lipinski definition) is 10. The molecule has 5 atom stereocenters. The van der Waals surface area contributed by atoms with E-state index in [1.165, 1.54) is 0 Å². The predicted octanol–water partition coefficient (Wildman–Crippen LogP) is -1.84. The van der Waals surface area contributed by atoms with Crippen LogP contribution in [-0.4, -0.2) is 111 Å². The summed E-state index contributed by atoms with van der Waals surface area (Å²) in [5.74, 6) is 0. The molecule has 1 heterocycles. The summed E-state index contributed by atoms with van der Waals surface area (Å²) in [6.07, 6.45) is -6.45. The highest BCUT2D eigenvalue weighted by atomic mass is 16.7. The molecular weight excluding hydrogens is 354 g/mol. The lowest BCUT2D eigenvalue weighted by atomic mass is 9.99. The normalized spacial score (nSPS) is 28.7. The zero-order valence-electron chi connectivity index (χ0n) is 14.4. The van der Waals surface area contributed by atoms with Crippen LogP contribution in [0.2, 0.25) is 0 Å². The van der Waals surface area contributed by atoms with E-state index in [0.29, 0.717) is 33.0 Å². The van der Waals surface area contributed by atoms with Gasteiger partial charge in [0.05, 0.1) is 52.9 Å². The van der Waals surface area contributed by atoms with E-state index in [4.69, 9.17) is 34.3 Å². The van der Waals surface area contributed by atoms with Gasteiger partial charge in [0.25, 0.3) is 0 Å². The third-order valence-electron chi connectivity index (χ3n) is 3.50. The average Bonchev–Trinajstić information content (AvgIpc) is 2.65. The smallest absolute Gasteiger partial charge is 0.186 e. The van der Waals surface area contributed by atoms with Gasteiger partial charge in [0.2, 0.25) is 0 Å². The Hall–Kier alpha value is -1.05. The molecule has 26 heavy (non-hydrogen) atoms. The molecule has 0 aliphatic carbocycles. The van der Waals surface area contributed by atoms with Crippen molar-refractivity contribution in [1.82, 2.24) is 0 Å². The Morgan fingerprint density at radius 2 is 1.42 bits per heavy atom. The summed E-state index contributed by atoms with van der Waals surface area (Å²) >= 11 is 0. The molecule has 0 aromatic rings. The van der Waals surface area contributed by atoms with Crippen LogP contribution in [0.5, 0.6) is 0 Å². The molecule has 1 rings (SSSR count). The Bertz CT molecular complexity index is 409. The van der Waals surface area contributed by atoms with Crippen molar-refractivity contribution >= 4 is 0 Å². The van der Waals surface area contributed by atoms with Gasteiger partial charge in [0, 0.05) is 11.5 Å². The number of nitrogens with zero attached hydrogens (tertiary/aromatic N) is 3. The van der Waals surface area contributed by atoms with Crippen LogP contribution in [0.15, 0.2) is 5.11 Å². The molecule has 0 saturated carbocycles. The van der Waals surface area contributed by atoms with Crippen LogP contribution in [0, 0.1) is 0 Å². The van der Waals surface area contributed by atoms with Crippen molar-refractivity contribution in [2.75, 3.05) is 59.4 Å². The molecule has 12 heteroatoms. The highest BCUT2D eigenvalue weighted by Gasteiger charge is 2.43. The molecule has 12 nitrogen and oxygen atoms in total. The Morgan fingerprint density at radius 3 is 2.00 bits per heavy atom. The van der Waals surface area contributed by atoms with Gasteiger partial charge in [-0.3, -0.25) is 0 Å². The zero-order valence-corrected chi connectivity index (χ0v) is 14.4. The second kappa shape index (κ2) is 14.1. The first-order valence-corrected chi connectivity index (χ1v) is 8.28. The summed E-state index contributed by atoms with van der Waals surface area (Å²) in [5, 5.41) is 41.4. The zero-order chi connectivity index (χ0) is 19.2. The van der Waals surface area contributed by atoms with E-state index in [-0.39, 0.29) is 19.8 Å². The number of rotatable bonds is 14. The molecule has 0 unspecified atom stereocenters. The van der Waals surface area contributed by atoms with Gasteiger partial charge in [-0.05, 0) is 5.53 Å². The highest BCUT2D eigenvalue weighted by Crippen LogP contribution is 2.21. The molecule has 0 spiro atoms. The minimum absolute atomic E-state index is 0.0885. The first kappa shape index (κ1) is 23.0. The Kier molecular flexibility index (Phi) is 12.4. The van der Waals surface area contributed by atoms with E-state index in [0.717, 1.165) is 0 Å². The molecular formula is C14H27N3O9. The number of aliphatic hydroxyl groups is 4. The average molecular weight is 381 g/mol. The second-order valence-electron chi connectivity index (χ2n) is 5.36. The van der Waals surface area contributed by atoms with E-state index in [1.807, 2.05) is 0 Å². The lowest BCUT2D eigenvalue weighted by molar-refractivity contribution is -0.302. The summed E-state index contributed by atoms with van der Waals surface area (Å²) in [6, 6.07) is 0. The number of hydrogen-bond donors (Lipinski definition) is 4. The molecule has 1 fully saturated rings. The van der Waals surface area contributed by atoms with E-state index >= 15 is 0 Å². The van der Waals surface area contributed by atoms with E-state index in [2.05, 4.69) is 10.0 Å². The van der Waals surface area contributed by atoms with Crippen molar-refractivity contribution in [3.63, 3.8) is 0 Å².